The first-order valence-electron chi connectivity index (χ1n) is 4.53. The van der Waals surface area contributed by atoms with Crippen molar-refractivity contribution in [3.63, 3.8) is 0 Å². The number of ether oxygens (including phenoxy) is 1. The van der Waals surface area contributed by atoms with Crippen LogP contribution < -0.4 is 4.74 Å². The molecule has 0 saturated heterocycles. The Bertz CT molecular complexity index is 533. The van der Waals surface area contributed by atoms with E-state index in [9.17, 15) is 4.79 Å². The molecule has 2 aromatic rings. The highest BCUT2D eigenvalue weighted by atomic mass is 32.1. The molecule has 0 amide bonds. The third kappa shape index (κ3) is 1.26. The lowest BCUT2D eigenvalue weighted by molar-refractivity contribution is 0.112. The first-order valence-corrected chi connectivity index (χ1v) is 5.41. The average molecular weight is 217 g/mol. The maximum absolute atomic E-state index is 10.6. The Hall–Kier alpha value is -1.68. The standard InChI is InChI=1S/C11H7NO2S/c13-4-7-1-2-8-10(3-7)14-5-9-11(8)15-6-12-9/h1-4,6H,5H2. The summed E-state index contributed by atoms with van der Waals surface area (Å²) in [7, 11) is 0. The molecule has 2 heterocycles. The topological polar surface area (TPSA) is 39.2 Å². The molecule has 0 atom stereocenters. The second-order valence-corrected chi connectivity index (χ2v) is 4.15. The number of thiazole rings is 1. The van der Waals surface area contributed by atoms with Gasteiger partial charge in [-0.3, -0.25) is 4.79 Å². The summed E-state index contributed by atoms with van der Waals surface area (Å²) < 4.78 is 5.54. The number of carbonyl (C=O) groups excluding carboxylic acids is 1. The van der Waals surface area contributed by atoms with Crippen molar-refractivity contribution in [3.05, 3.63) is 35.0 Å². The first-order chi connectivity index (χ1) is 7.38. The van der Waals surface area contributed by atoms with E-state index in [2.05, 4.69) is 4.98 Å². The van der Waals surface area contributed by atoms with Gasteiger partial charge in [0, 0.05) is 11.1 Å². The zero-order valence-corrected chi connectivity index (χ0v) is 8.58. The smallest absolute Gasteiger partial charge is 0.150 e. The number of aromatic nitrogens is 1. The summed E-state index contributed by atoms with van der Waals surface area (Å²) in [6.45, 7) is 0.494. The Morgan fingerprint density at radius 1 is 1.47 bits per heavy atom. The van der Waals surface area contributed by atoms with Crippen molar-refractivity contribution in [2.45, 2.75) is 6.61 Å². The van der Waals surface area contributed by atoms with Gasteiger partial charge in [-0.1, -0.05) is 6.07 Å². The van der Waals surface area contributed by atoms with Gasteiger partial charge < -0.3 is 4.74 Å². The van der Waals surface area contributed by atoms with Crippen LogP contribution in [0.25, 0.3) is 10.4 Å². The molecule has 0 aliphatic carbocycles. The highest BCUT2D eigenvalue weighted by Crippen LogP contribution is 2.39. The Kier molecular flexibility index (Phi) is 1.82. The number of hydrogen-bond acceptors (Lipinski definition) is 4. The maximum Gasteiger partial charge on any atom is 0.150 e. The molecule has 1 aromatic carbocycles. The molecule has 0 radical (unpaired) electrons. The molecule has 1 aliphatic heterocycles. The van der Waals surface area contributed by atoms with Crippen molar-refractivity contribution in [2.24, 2.45) is 0 Å². The van der Waals surface area contributed by atoms with E-state index in [0.29, 0.717) is 12.2 Å². The van der Waals surface area contributed by atoms with Crippen molar-refractivity contribution in [3.8, 4) is 16.2 Å². The van der Waals surface area contributed by atoms with Crippen molar-refractivity contribution in [2.75, 3.05) is 0 Å². The lowest BCUT2D eigenvalue weighted by atomic mass is 10.1. The fourth-order valence-corrected chi connectivity index (χ4v) is 2.49. The fourth-order valence-electron chi connectivity index (χ4n) is 1.66. The van der Waals surface area contributed by atoms with E-state index in [0.717, 1.165) is 28.2 Å². The molecule has 1 aromatic heterocycles. The van der Waals surface area contributed by atoms with Crippen molar-refractivity contribution >= 4 is 17.6 Å². The van der Waals surface area contributed by atoms with E-state index >= 15 is 0 Å². The number of fused-ring (bicyclic) bond motifs is 3. The summed E-state index contributed by atoms with van der Waals surface area (Å²) in [5.74, 6) is 0.774. The molecule has 0 bridgehead atoms. The van der Waals surface area contributed by atoms with Crippen LogP contribution in [0.15, 0.2) is 23.7 Å². The number of benzene rings is 1. The van der Waals surface area contributed by atoms with Gasteiger partial charge in [-0.25, -0.2) is 4.98 Å². The first kappa shape index (κ1) is 8.61. The van der Waals surface area contributed by atoms with Crippen molar-refractivity contribution in [1.29, 1.82) is 0 Å². The molecule has 15 heavy (non-hydrogen) atoms. The van der Waals surface area contributed by atoms with Crippen LogP contribution >= 0.6 is 11.3 Å². The Morgan fingerprint density at radius 3 is 3.27 bits per heavy atom. The molecular weight excluding hydrogens is 210 g/mol. The summed E-state index contributed by atoms with van der Waals surface area (Å²) >= 11 is 1.60. The van der Waals surface area contributed by atoms with Gasteiger partial charge >= 0.3 is 0 Å². The number of aldehydes is 1. The molecule has 0 spiro atoms. The molecule has 74 valence electrons. The summed E-state index contributed by atoms with van der Waals surface area (Å²) in [4.78, 5) is 16.0. The van der Waals surface area contributed by atoms with E-state index in [1.54, 1.807) is 23.5 Å². The van der Waals surface area contributed by atoms with Gasteiger partial charge in [0.25, 0.3) is 0 Å². The van der Waals surface area contributed by atoms with Gasteiger partial charge in [-0.15, -0.1) is 11.3 Å². The lowest BCUT2D eigenvalue weighted by Gasteiger charge is -2.16. The molecular formula is C11H7NO2S. The minimum absolute atomic E-state index is 0.494. The van der Waals surface area contributed by atoms with Crippen LogP contribution in [0.1, 0.15) is 16.1 Å². The van der Waals surface area contributed by atoms with Crippen LogP contribution in [0.3, 0.4) is 0 Å². The van der Waals surface area contributed by atoms with Crippen molar-refractivity contribution < 1.29 is 9.53 Å². The van der Waals surface area contributed by atoms with E-state index in [-0.39, 0.29) is 0 Å². The van der Waals surface area contributed by atoms with Crippen LogP contribution in [0, 0.1) is 0 Å². The van der Waals surface area contributed by atoms with Gasteiger partial charge in [-0.2, -0.15) is 0 Å². The predicted octanol–water partition coefficient (Wildman–Crippen LogP) is 2.52. The second-order valence-electron chi connectivity index (χ2n) is 3.29. The summed E-state index contributed by atoms with van der Waals surface area (Å²) in [6, 6.07) is 5.48. The van der Waals surface area contributed by atoms with E-state index in [4.69, 9.17) is 4.74 Å². The molecule has 0 unspecified atom stereocenters. The van der Waals surface area contributed by atoms with Crippen LogP contribution in [0.4, 0.5) is 0 Å². The summed E-state index contributed by atoms with van der Waals surface area (Å²) in [5.41, 5.74) is 4.47. The SMILES string of the molecule is O=Cc1ccc2c(c1)OCc1ncsc1-2. The predicted molar refractivity (Wildman–Crippen MR) is 57.3 cm³/mol. The molecule has 4 heteroatoms. The third-order valence-corrected chi connectivity index (χ3v) is 3.29. The molecule has 0 fully saturated rings. The van der Waals surface area contributed by atoms with E-state index in [1.807, 2.05) is 11.6 Å². The highest BCUT2D eigenvalue weighted by molar-refractivity contribution is 7.13. The molecule has 3 nitrogen and oxygen atoms in total. The van der Waals surface area contributed by atoms with Gasteiger partial charge in [-0.05, 0) is 12.1 Å². The van der Waals surface area contributed by atoms with Crippen molar-refractivity contribution in [1.82, 2.24) is 4.98 Å². The Morgan fingerprint density at radius 2 is 2.40 bits per heavy atom. The lowest BCUT2D eigenvalue weighted by Crippen LogP contribution is -2.04. The summed E-state index contributed by atoms with van der Waals surface area (Å²) in [5, 5.41) is 0. The highest BCUT2D eigenvalue weighted by Gasteiger charge is 2.19. The largest absolute Gasteiger partial charge is 0.487 e. The maximum atomic E-state index is 10.6. The Labute approximate surface area is 90.3 Å². The number of nitrogens with zero attached hydrogens (tertiary/aromatic N) is 1. The number of rotatable bonds is 1. The fraction of sp³-hybridized carbons (Fsp3) is 0.0909. The monoisotopic (exact) mass is 217 g/mol. The molecule has 0 saturated carbocycles. The normalized spacial score (nSPS) is 12.5. The van der Waals surface area contributed by atoms with E-state index in [1.165, 1.54) is 0 Å². The minimum Gasteiger partial charge on any atom is -0.487 e. The van der Waals surface area contributed by atoms with E-state index < -0.39 is 0 Å². The second kappa shape index (κ2) is 3.17. The number of carbonyl (C=O) groups is 1. The zero-order valence-electron chi connectivity index (χ0n) is 7.77. The minimum atomic E-state index is 0.494. The van der Waals surface area contributed by atoms with Gasteiger partial charge in [0.15, 0.2) is 0 Å². The molecule has 0 N–H and O–H groups in total. The molecule has 3 rings (SSSR count). The zero-order chi connectivity index (χ0) is 10.3. The van der Waals surface area contributed by atoms with Crippen LogP contribution in [-0.4, -0.2) is 11.3 Å². The number of hydrogen-bond donors (Lipinski definition) is 0. The Balaban J connectivity index is 2.22. The average Bonchev–Trinajstić information content (AvgIpc) is 2.76. The molecule has 1 aliphatic rings. The van der Waals surface area contributed by atoms with Crippen LogP contribution in [0.2, 0.25) is 0 Å². The van der Waals surface area contributed by atoms with Gasteiger partial charge in [0.1, 0.15) is 18.6 Å². The van der Waals surface area contributed by atoms with Gasteiger partial charge in [0.2, 0.25) is 0 Å². The summed E-state index contributed by atoms with van der Waals surface area (Å²) in [6.07, 6.45) is 0.825. The quantitative estimate of drug-likeness (QED) is 0.689. The van der Waals surface area contributed by atoms with Crippen LogP contribution in [-0.2, 0) is 6.61 Å². The van der Waals surface area contributed by atoms with Gasteiger partial charge in [0.05, 0.1) is 16.1 Å². The van der Waals surface area contributed by atoms with Crippen LogP contribution in [0.5, 0.6) is 5.75 Å². The third-order valence-electron chi connectivity index (χ3n) is 2.39.